The van der Waals surface area contributed by atoms with Gasteiger partial charge >= 0.3 is 0 Å². The van der Waals surface area contributed by atoms with Crippen molar-refractivity contribution in [3.05, 3.63) is 71.3 Å². The van der Waals surface area contributed by atoms with Gasteiger partial charge in [0, 0.05) is 18.5 Å². The Balaban J connectivity index is 2.12. The van der Waals surface area contributed by atoms with Crippen LogP contribution in [0.1, 0.15) is 40.4 Å². The molecule has 0 unspecified atom stereocenters. The van der Waals surface area contributed by atoms with E-state index in [1.54, 1.807) is 0 Å². The Kier molecular flexibility index (Phi) is 2.86. The van der Waals surface area contributed by atoms with Crippen LogP contribution in [0, 0.1) is 0 Å². The maximum atomic E-state index is 12.5. The third kappa shape index (κ3) is 1.84. The lowest BCUT2D eigenvalue weighted by Crippen LogP contribution is -2.39. The molecule has 0 aromatic heterocycles. The first-order chi connectivity index (χ1) is 9.20. The zero-order chi connectivity index (χ0) is 13.4. The average molecular weight is 251 g/mol. The van der Waals surface area contributed by atoms with Gasteiger partial charge in [0.2, 0.25) is 0 Å². The smallest absolute Gasteiger partial charge is 0.254 e. The molecule has 1 aliphatic heterocycles. The molecule has 0 saturated heterocycles. The number of likely N-dealkylation sites (N-methyl/N-ethyl adjacent to an activating group) is 1. The number of benzene rings is 2. The van der Waals surface area contributed by atoms with Crippen molar-refractivity contribution in [1.82, 2.24) is 4.90 Å². The molecule has 2 aromatic rings. The fraction of sp³-hybridized carbons (Fsp3) is 0.235. The topological polar surface area (TPSA) is 20.3 Å². The van der Waals surface area contributed by atoms with Gasteiger partial charge in [0.05, 0.1) is 6.04 Å². The molecule has 0 radical (unpaired) electrons. The van der Waals surface area contributed by atoms with Gasteiger partial charge in [0.15, 0.2) is 0 Å². The summed E-state index contributed by atoms with van der Waals surface area (Å²) in [7, 11) is 1.90. The van der Waals surface area contributed by atoms with Crippen molar-refractivity contribution < 1.29 is 4.79 Å². The van der Waals surface area contributed by atoms with Crippen LogP contribution >= 0.6 is 0 Å². The van der Waals surface area contributed by atoms with Crippen molar-refractivity contribution in [2.45, 2.75) is 18.9 Å². The fourth-order valence-corrected chi connectivity index (χ4v) is 3.07. The normalized spacial score (nSPS) is 22.2. The van der Waals surface area contributed by atoms with Crippen molar-refractivity contribution in [3.8, 4) is 0 Å². The van der Waals surface area contributed by atoms with E-state index in [4.69, 9.17) is 0 Å². The second-order valence-corrected chi connectivity index (χ2v) is 5.15. The van der Waals surface area contributed by atoms with Gasteiger partial charge in [-0.25, -0.2) is 0 Å². The zero-order valence-corrected chi connectivity index (χ0v) is 11.2. The Morgan fingerprint density at radius 1 is 0.947 bits per heavy atom. The van der Waals surface area contributed by atoms with Gasteiger partial charge in [0.25, 0.3) is 5.91 Å². The SMILES string of the molecule is C[C@H]1c2ccccc2C(=O)N(C)[C@H]1c1ccccc1. The molecule has 2 heteroatoms. The summed E-state index contributed by atoms with van der Waals surface area (Å²) in [6, 6.07) is 18.3. The number of carbonyl (C=O) groups is 1. The first-order valence-corrected chi connectivity index (χ1v) is 6.61. The van der Waals surface area contributed by atoms with Crippen molar-refractivity contribution >= 4 is 5.91 Å². The van der Waals surface area contributed by atoms with Gasteiger partial charge in [-0.1, -0.05) is 55.5 Å². The van der Waals surface area contributed by atoms with Crippen molar-refractivity contribution in [2.75, 3.05) is 7.05 Å². The standard InChI is InChI=1S/C17H17NO/c1-12-14-10-6-7-11-15(14)17(19)18(2)16(12)13-8-4-3-5-9-13/h3-12,16H,1-2H3/t12-,16+/m0/s1. The number of hydrogen-bond donors (Lipinski definition) is 0. The zero-order valence-electron chi connectivity index (χ0n) is 11.2. The Morgan fingerprint density at radius 3 is 2.32 bits per heavy atom. The summed E-state index contributed by atoms with van der Waals surface area (Å²) in [5.41, 5.74) is 3.18. The van der Waals surface area contributed by atoms with Crippen molar-refractivity contribution in [1.29, 1.82) is 0 Å². The van der Waals surface area contributed by atoms with Crippen molar-refractivity contribution in [3.63, 3.8) is 0 Å². The second kappa shape index (κ2) is 4.54. The Labute approximate surface area is 113 Å². The van der Waals surface area contributed by atoms with Gasteiger partial charge in [-0.2, -0.15) is 0 Å². The molecule has 0 spiro atoms. The van der Waals surface area contributed by atoms with Crippen LogP contribution in [0.25, 0.3) is 0 Å². The van der Waals surface area contributed by atoms with Crippen LogP contribution in [0.4, 0.5) is 0 Å². The van der Waals surface area contributed by atoms with E-state index in [0.717, 1.165) is 11.1 Å². The molecule has 0 aliphatic carbocycles. The molecule has 96 valence electrons. The minimum atomic E-state index is 0.113. The minimum absolute atomic E-state index is 0.113. The second-order valence-electron chi connectivity index (χ2n) is 5.15. The highest BCUT2D eigenvalue weighted by molar-refractivity contribution is 5.97. The van der Waals surface area contributed by atoms with E-state index in [1.807, 2.05) is 48.3 Å². The monoisotopic (exact) mass is 251 g/mol. The molecule has 1 amide bonds. The Hall–Kier alpha value is -2.09. The van der Waals surface area contributed by atoms with Crippen LogP contribution in [0.5, 0.6) is 0 Å². The lowest BCUT2D eigenvalue weighted by Gasteiger charge is -2.39. The number of amides is 1. The number of rotatable bonds is 1. The molecule has 1 aliphatic rings. The lowest BCUT2D eigenvalue weighted by atomic mass is 9.81. The predicted molar refractivity (Wildman–Crippen MR) is 76.1 cm³/mol. The van der Waals surface area contributed by atoms with Crippen LogP contribution < -0.4 is 0 Å². The molecule has 2 atom stereocenters. The van der Waals surface area contributed by atoms with E-state index < -0.39 is 0 Å². The molecule has 2 aromatic carbocycles. The Bertz CT molecular complexity index is 606. The molecule has 2 nitrogen and oxygen atoms in total. The van der Waals surface area contributed by atoms with E-state index in [0.29, 0.717) is 5.92 Å². The predicted octanol–water partition coefficient (Wildman–Crippen LogP) is 3.62. The van der Waals surface area contributed by atoms with Gasteiger partial charge in [-0.05, 0) is 17.2 Å². The maximum Gasteiger partial charge on any atom is 0.254 e. The lowest BCUT2D eigenvalue weighted by molar-refractivity contribution is 0.0678. The third-order valence-electron chi connectivity index (χ3n) is 4.03. The molecule has 3 rings (SSSR count). The molecule has 0 fully saturated rings. The third-order valence-corrected chi connectivity index (χ3v) is 4.03. The van der Waals surface area contributed by atoms with E-state index in [2.05, 4.69) is 25.1 Å². The fourth-order valence-electron chi connectivity index (χ4n) is 3.07. The van der Waals surface area contributed by atoms with E-state index in [-0.39, 0.29) is 11.9 Å². The summed E-state index contributed by atoms with van der Waals surface area (Å²) >= 11 is 0. The number of carbonyl (C=O) groups excluding carboxylic acids is 1. The maximum absolute atomic E-state index is 12.5. The van der Waals surface area contributed by atoms with Crippen molar-refractivity contribution in [2.24, 2.45) is 0 Å². The summed E-state index contributed by atoms with van der Waals surface area (Å²) in [6.45, 7) is 2.19. The van der Waals surface area contributed by atoms with Gasteiger partial charge in [0.1, 0.15) is 0 Å². The van der Waals surface area contributed by atoms with Crippen LogP contribution in [0.15, 0.2) is 54.6 Å². The van der Waals surface area contributed by atoms with Crippen LogP contribution in [-0.2, 0) is 0 Å². The quantitative estimate of drug-likeness (QED) is 0.758. The summed E-state index contributed by atoms with van der Waals surface area (Å²) in [5.74, 6) is 0.420. The molecule has 0 saturated carbocycles. The summed E-state index contributed by atoms with van der Waals surface area (Å²) < 4.78 is 0. The average Bonchev–Trinajstić information content (AvgIpc) is 2.46. The van der Waals surface area contributed by atoms with E-state index >= 15 is 0 Å². The largest absolute Gasteiger partial charge is 0.334 e. The van der Waals surface area contributed by atoms with Gasteiger partial charge in [-0.3, -0.25) is 4.79 Å². The molecule has 0 N–H and O–H groups in total. The molecule has 19 heavy (non-hydrogen) atoms. The van der Waals surface area contributed by atoms with Crippen LogP contribution in [-0.4, -0.2) is 17.9 Å². The van der Waals surface area contributed by atoms with Gasteiger partial charge in [-0.15, -0.1) is 0 Å². The number of hydrogen-bond acceptors (Lipinski definition) is 1. The molecule has 0 bridgehead atoms. The number of fused-ring (bicyclic) bond motifs is 1. The van der Waals surface area contributed by atoms with E-state index in [9.17, 15) is 4.79 Å². The first-order valence-electron chi connectivity index (χ1n) is 6.61. The highest BCUT2D eigenvalue weighted by Gasteiger charge is 2.35. The highest BCUT2D eigenvalue weighted by atomic mass is 16.2. The van der Waals surface area contributed by atoms with Crippen LogP contribution in [0.2, 0.25) is 0 Å². The van der Waals surface area contributed by atoms with Crippen LogP contribution in [0.3, 0.4) is 0 Å². The summed E-state index contributed by atoms with van der Waals surface area (Å²) in [6.07, 6.45) is 0. The highest BCUT2D eigenvalue weighted by Crippen LogP contribution is 2.41. The number of nitrogens with zero attached hydrogens (tertiary/aromatic N) is 1. The summed E-state index contributed by atoms with van der Waals surface area (Å²) in [5, 5.41) is 0. The molecular weight excluding hydrogens is 234 g/mol. The minimum Gasteiger partial charge on any atom is -0.334 e. The van der Waals surface area contributed by atoms with Gasteiger partial charge < -0.3 is 4.90 Å². The summed E-state index contributed by atoms with van der Waals surface area (Å²) in [4.78, 5) is 14.3. The Morgan fingerprint density at radius 2 is 1.58 bits per heavy atom. The first kappa shape index (κ1) is 12.0. The molecule has 1 heterocycles. The van der Waals surface area contributed by atoms with E-state index in [1.165, 1.54) is 5.56 Å². The molecular formula is C17H17NO.